The quantitative estimate of drug-likeness (QED) is 0.849. The summed E-state index contributed by atoms with van der Waals surface area (Å²) in [5, 5.41) is 7.02. The molecule has 0 saturated heterocycles. The summed E-state index contributed by atoms with van der Waals surface area (Å²) in [4.78, 5) is 24.9. The molecule has 0 aliphatic heterocycles. The Morgan fingerprint density at radius 1 is 1.24 bits per heavy atom. The number of rotatable bonds is 5. The average Bonchev–Trinajstić information content (AvgIpc) is 2.86. The van der Waals surface area contributed by atoms with Crippen molar-refractivity contribution in [3.8, 4) is 0 Å². The third-order valence-corrected chi connectivity index (χ3v) is 3.05. The van der Waals surface area contributed by atoms with Gasteiger partial charge in [0.2, 0.25) is 5.91 Å². The number of aryl methyl sites for hydroxylation is 1. The van der Waals surface area contributed by atoms with Crippen LogP contribution >= 0.6 is 0 Å². The Bertz CT molecular complexity index is 646. The van der Waals surface area contributed by atoms with E-state index in [1.807, 2.05) is 19.3 Å². The average molecular weight is 286 g/mol. The van der Waals surface area contributed by atoms with Crippen LogP contribution in [0.4, 0.5) is 11.5 Å². The fraction of sp³-hybridized carbons (Fsp3) is 0.267. The summed E-state index contributed by atoms with van der Waals surface area (Å²) in [6, 6.07) is 8.67. The number of carbonyl (C=O) groups is 2. The van der Waals surface area contributed by atoms with Gasteiger partial charge in [-0.15, -0.1) is 0 Å². The Balaban J connectivity index is 1.93. The van der Waals surface area contributed by atoms with Crippen molar-refractivity contribution >= 4 is 23.2 Å². The summed E-state index contributed by atoms with van der Waals surface area (Å²) in [6.45, 7) is 1.71. The number of hydrogen-bond donors (Lipinski definition) is 1. The third kappa shape index (κ3) is 3.92. The summed E-state index contributed by atoms with van der Waals surface area (Å²) < 4.78 is 1.68. The molecule has 0 fully saturated rings. The van der Waals surface area contributed by atoms with Gasteiger partial charge in [0.1, 0.15) is 0 Å². The highest BCUT2D eigenvalue weighted by Crippen LogP contribution is 2.11. The van der Waals surface area contributed by atoms with Crippen molar-refractivity contribution in [3.05, 3.63) is 42.1 Å². The molecule has 0 unspecified atom stereocenters. The maximum atomic E-state index is 12.0. The summed E-state index contributed by atoms with van der Waals surface area (Å²) in [6.07, 6.45) is 1.82. The number of likely N-dealkylation sites (N-methyl/N-ethyl adjacent to an activating group) is 1. The van der Waals surface area contributed by atoms with Gasteiger partial charge in [-0.3, -0.25) is 14.3 Å². The lowest BCUT2D eigenvalue weighted by Gasteiger charge is -2.15. The topological polar surface area (TPSA) is 67.2 Å². The van der Waals surface area contributed by atoms with Crippen LogP contribution in [0.25, 0.3) is 0 Å². The zero-order valence-electron chi connectivity index (χ0n) is 12.3. The Kier molecular flexibility index (Phi) is 4.37. The Morgan fingerprint density at radius 3 is 2.43 bits per heavy atom. The fourth-order valence-electron chi connectivity index (χ4n) is 1.89. The monoisotopic (exact) mass is 286 g/mol. The van der Waals surface area contributed by atoms with E-state index in [1.165, 1.54) is 6.92 Å². The highest BCUT2D eigenvalue weighted by Gasteiger charge is 2.10. The van der Waals surface area contributed by atoms with Crippen LogP contribution in [0, 0.1) is 0 Å². The first-order chi connectivity index (χ1) is 9.95. The van der Waals surface area contributed by atoms with Crippen LogP contribution in [0.1, 0.15) is 17.3 Å². The fourth-order valence-corrected chi connectivity index (χ4v) is 1.89. The van der Waals surface area contributed by atoms with Crippen molar-refractivity contribution in [2.75, 3.05) is 23.8 Å². The molecule has 0 saturated carbocycles. The zero-order chi connectivity index (χ0) is 15.4. The number of nitrogens with zero attached hydrogens (tertiary/aromatic N) is 3. The van der Waals surface area contributed by atoms with E-state index in [2.05, 4.69) is 10.4 Å². The number of benzene rings is 1. The van der Waals surface area contributed by atoms with Crippen LogP contribution in [-0.4, -0.2) is 35.1 Å². The first-order valence-electron chi connectivity index (χ1n) is 6.57. The Hall–Kier alpha value is -2.63. The number of nitrogens with one attached hydrogen (secondary N) is 1. The molecule has 110 valence electrons. The van der Waals surface area contributed by atoms with Gasteiger partial charge in [-0.2, -0.15) is 5.10 Å². The molecule has 0 aliphatic carbocycles. The van der Waals surface area contributed by atoms with Gasteiger partial charge in [-0.25, -0.2) is 0 Å². The molecule has 1 amide bonds. The Morgan fingerprint density at radius 2 is 1.90 bits per heavy atom. The van der Waals surface area contributed by atoms with Gasteiger partial charge in [0, 0.05) is 37.6 Å². The van der Waals surface area contributed by atoms with E-state index in [1.54, 1.807) is 40.9 Å². The van der Waals surface area contributed by atoms with Crippen LogP contribution in [0.5, 0.6) is 0 Å². The lowest BCUT2D eigenvalue weighted by atomic mass is 10.1. The second-order valence-electron chi connectivity index (χ2n) is 4.89. The van der Waals surface area contributed by atoms with Crippen molar-refractivity contribution in [1.29, 1.82) is 0 Å². The van der Waals surface area contributed by atoms with Crippen molar-refractivity contribution in [2.24, 2.45) is 7.05 Å². The number of aromatic nitrogens is 2. The zero-order valence-corrected chi connectivity index (χ0v) is 12.3. The predicted octanol–water partition coefficient (Wildman–Crippen LogP) is 1.70. The predicted molar refractivity (Wildman–Crippen MR) is 81.6 cm³/mol. The first kappa shape index (κ1) is 14.8. The highest BCUT2D eigenvalue weighted by atomic mass is 16.2. The van der Waals surface area contributed by atoms with Gasteiger partial charge in [0.05, 0.1) is 6.54 Å². The molecular weight excluding hydrogens is 268 g/mol. The number of ketones is 1. The van der Waals surface area contributed by atoms with Crippen LogP contribution in [0.15, 0.2) is 36.5 Å². The summed E-state index contributed by atoms with van der Waals surface area (Å²) in [5.41, 5.74) is 1.29. The van der Waals surface area contributed by atoms with E-state index in [0.717, 1.165) is 5.82 Å². The molecule has 1 heterocycles. The molecule has 1 N–H and O–H groups in total. The highest BCUT2D eigenvalue weighted by molar-refractivity contribution is 5.96. The van der Waals surface area contributed by atoms with Gasteiger partial charge in [0.15, 0.2) is 11.6 Å². The van der Waals surface area contributed by atoms with Crippen LogP contribution < -0.4 is 10.2 Å². The van der Waals surface area contributed by atoms with Crippen molar-refractivity contribution in [1.82, 2.24) is 9.78 Å². The molecule has 1 aromatic heterocycles. The van der Waals surface area contributed by atoms with Gasteiger partial charge < -0.3 is 10.2 Å². The maximum absolute atomic E-state index is 12.0. The standard InChI is InChI=1S/C15H18N4O2/c1-11(20)12-4-6-13(7-5-12)16-15(21)10-18(2)14-8-9-19(3)17-14/h4-9H,10H2,1-3H3,(H,16,21). The van der Waals surface area contributed by atoms with Gasteiger partial charge in [-0.1, -0.05) is 0 Å². The molecule has 2 rings (SSSR count). The Labute approximate surface area is 123 Å². The van der Waals surface area contributed by atoms with Gasteiger partial charge in [-0.05, 0) is 31.2 Å². The normalized spacial score (nSPS) is 10.2. The number of hydrogen-bond acceptors (Lipinski definition) is 4. The van der Waals surface area contributed by atoms with E-state index in [9.17, 15) is 9.59 Å². The smallest absolute Gasteiger partial charge is 0.243 e. The van der Waals surface area contributed by atoms with Crippen LogP contribution in [0.3, 0.4) is 0 Å². The van der Waals surface area contributed by atoms with Crippen molar-refractivity contribution in [2.45, 2.75) is 6.92 Å². The van der Waals surface area contributed by atoms with Crippen LogP contribution in [0.2, 0.25) is 0 Å². The van der Waals surface area contributed by atoms with E-state index < -0.39 is 0 Å². The minimum absolute atomic E-state index is 0.00256. The molecule has 0 bridgehead atoms. The third-order valence-electron chi connectivity index (χ3n) is 3.05. The molecule has 6 nitrogen and oxygen atoms in total. The SMILES string of the molecule is CC(=O)c1ccc(NC(=O)CN(C)c2ccn(C)n2)cc1. The maximum Gasteiger partial charge on any atom is 0.243 e. The van der Waals surface area contributed by atoms with E-state index in [-0.39, 0.29) is 18.2 Å². The molecule has 6 heteroatoms. The molecule has 0 aliphatic rings. The summed E-state index contributed by atoms with van der Waals surface area (Å²) in [5.74, 6) is 0.598. The molecular formula is C15H18N4O2. The second-order valence-corrected chi connectivity index (χ2v) is 4.89. The van der Waals surface area contributed by atoms with Crippen molar-refractivity contribution in [3.63, 3.8) is 0 Å². The molecule has 0 spiro atoms. The number of Topliss-reactive ketones (excluding diaryl/α,β-unsaturated/α-hetero) is 1. The van der Waals surface area contributed by atoms with Crippen LogP contribution in [-0.2, 0) is 11.8 Å². The second kappa shape index (κ2) is 6.21. The minimum Gasteiger partial charge on any atom is -0.349 e. The summed E-state index contributed by atoms with van der Waals surface area (Å²) >= 11 is 0. The number of carbonyl (C=O) groups excluding carboxylic acids is 2. The molecule has 0 radical (unpaired) electrons. The molecule has 21 heavy (non-hydrogen) atoms. The molecule has 2 aromatic rings. The first-order valence-corrected chi connectivity index (χ1v) is 6.57. The molecule has 0 atom stereocenters. The van der Waals surface area contributed by atoms with E-state index in [0.29, 0.717) is 11.3 Å². The van der Waals surface area contributed by atoms with Gasteiger partial charge >= 0.3 is 0 Å². The van der Waals surface area contributed by atoms with Crippen molar-refractivity contribution < 1.29 is 9.59 Å². The number of amides is 1. The lowest BCUT2D eigenvalue weighted by molar-refractivity contribution is -0.114. The lowest BCUT2D eigenvalue weighted by Crippen LogP contribution is -2.30. The summed E-state index contributed by atoms with van der Waals surface area (Å²) in [7, 11) is 3.63. The van der Waals surface area contributed by atoms with Gasteiger partial charge in [0.25, 0.3) is 0 Å². The minimum atomic E-state index is -0.140. The number of anilines is 2. The van der Waals surface area contributed by atoms with E-state index in [4.69, 9.17) is 0 Å². The largest absolute Gasteiger partial charge is 0.349 e. The van der Waals surface area contributed by atoms with E-state index >= 15 is 0 Å². The molecule has 1 aromatic carbocycles.